The summed E-state index contributed by atoms with van der Waals surface area (Å²) in [4.78, 5) is 0. The number of benzene rings is 1. The van der Waals surface area contributed by atoms with Crippen LogP contribution in [0.15, 0.2) is 30.3 Å². The zero-order valence-electron chi connectivity index (χ0n) is 8.22. The molecule has 14 heavy (non-hydrogen) atoms. The van der Waals surface area contributed by atoms with Crippen LogP contribution in [0.5, 0.6) is 0 Å². The van der Waals surface area contributed by atoms with Crippen molar-refractivity contribution in [2.24, 2.45) is 0 Å². The predicted molar refractivity (Wildman–Crippen MR) is 53.5 cm³/mol. The molecule has 0 aromatic heterocycles. The van der Waals surface area contributed by atoms with Crippen LogP contribution in [0, 0.1) is 0 Å². The Morgan fingerprint density at radius 1 is 1.14 bits per heavy atom. The van der Waals surface area contributed by atoms with Crippen LogP contribution in [-0.2, 0) is 0 Å². The molecule has 0 aliphatic heterocycles. The van der Waals surface area contributed by atoms with Gasteiger partial charge >= 0.3 is 0 Å². The van der Waals surface area contributed by atoms with Gasteiger partial charge in [0.1, 0.15) is 0 Å². The summed E-state index contributed by atoms with van der Waals surface area (Å²) in [5.74, 6) is -3.27. The molecule has 0 heterocycles. The van der Waals surface area contributed by atoms with E-state index < -0.39 is 11.9 Å². The highest BCUT2D eigenvalue weighted by atomic mass is 16.7. The van der Waals surface area contributed by atoms with Gasteiger partial charge in [0.15, 0.2) is 0 Å². The molecule has 1 aromatic rings. The second-order valence-electron chi connectivity index (χ2n) is 3.44. The van der Waals surface area contributed by atoms with Crippen LogP contribution in [0.25, 0.3) is 0 Å². The standard InChI is InChI=1S/C11H16O3/c1-2-6-10(11(12,13)14)9-7-4-3-5-8-9/h3-5,7-8,10,12-14H,2,6H2,1H3/t10-/m1/s1. The Kier molecular flexibility index (Phi) is 3.63. The second kappa shape index (κ2) is 4.55. The summed E-state index contributed by atoms with van der Waals surface area (Å²) in [6.07, 6.45) is 1.32. The molecule has 0 saturated carbocycles. The van der Waals surface area contributed by atoms with E-state index in [-0.39, 0.29) is 0 Å². The molecule has 0 radical (unpaired) electrons. The van der Waals surface area contributed by atoms with Gasteiger partial charge in [-0.15, -0.1) is 0 Å². The summed E-state index contributed by atoms with van der Waals surface area (Å²) in [7, 11) is 0. The molecule has 3 N–H and O–H groups in total. The molecule has 0 aliphatic carbocycles. The Hall–Kier alpha value is -0.900. The van der Waals surface area contributed by atoms with Crippen molar-refractivity contribution in [2.75, 3.05) is 0 Å². The summed E-state index contributed by atoms with van der Waals surface area (Å²) >= 11 is 0. The summed E-state index contributed by atoms with van der Waals surface area (Å²) in [5.41, 5.74) is 0.738. The first-order chi connectivity index (χ1) is 6.55. The first kappa shape index (κ1) is 11.2. The van der Waals surface area contributed by atoms with Gasteiger partial charge in [-0.3, -0.25) is 0 Å². The van der Waals surface area contributed by atoms with Crippen molar-refractivity contribution in [3.63, 3.8) is 0 Å². The fourth-order valence-corrected chi connectivity index (χ4v) is 1.56. The van der Waals surface area contributed by atoms with Crippen LogP contribution in [0.1, 0.15) is 31.2 Å². The molecule has 1 atom stereocenters. The maximum absolute atomic E-state index is 9.17. The lowest BCUT2D eigenvalue weighted by Gasteiger charge is -2.25. The molecule has 0 unspecified atom stereocenters. The molecular weight excluding hydrogens is 180 g/mol. The van der Waals surface area contributed by atoms with Gasteiger partial charge in [-0.2, -0.15) is 0 Å². The SMILES string of the molecule is CCC[C@H](c1ccccc1)C(O)(O)O. The fraction of sp³-hybridized carbons (Fsp3) is 0.455. The zero-order chi connectivity index (χ0) is 10.6. The Bertz CT molecular complexity index is 264. The lowest BCUT2D eigenvalue weighted by Crippen LogP contribution is -2.35. The first-order valence-corrected chi connectivity index (χ1v) is 4.77. The van der Waals surface area contributed by atoms with Crippen LogP contribution in [0.2, 0.25) is 0 Å². The van der Waals surface area contributed by atoms with Crippen molar-refractivity contribution >= 4 is 0 Å². The smallest absolute Gasteiger partial charge is 0.282 e. The highest BCUT2D eigenvalue weighted by Crippen LogP contribution is 2.28. The fourth-order valence-electron chi connectivity index (χ4n) is 1.56. The van der Waals surface area contributed by atoms with Gasteiger partial charge in [-0.1, -0.05) is 43.7 Å². The minimum Gasteiger partial charge on any atom is -0.343 e. The van der Waals surface area contributed by atoms with Crippen molar-refractivity contribution < 1.29 is 15.3 Å². The molecule has 0 aliphatic rings. The number of hydrogen-bond donors (Lipinski definition) is 3. The van der Waals surface area contributed by atoms with E-state index in [1.54, 1.807) is 12.1 Å². The minimum absolute atomic E-state index is 0.535. The van der Waals surface area contributed by atoms with Crippen LogP contribution in [0.4, 0.5) is 0 Å². The van der Waals surface area contributed by atoms with Gasteiger partial charge in [0.25, 0.3) is 5.97 Å². The Morgan fingerprint density at radius 2 is 1.71 bits per heavy atom. The van der Waals surface area contributed by atoms with E-state index in [4.69, 9.17) is 0 Å². The monoisotopic (exact) mass is 196 g/mol. The average Bonchev–Trinajstić information content (AvgIpc) is 2.14. The van der Waals surface area contributed by atoms with Gasteiger partial charge in [0.05, 0.1) is 5.92 Å². The molecule has 0 fully saturated rings. The van der Waals surface area contributed by atoms with E-state index in [2.05, 4.69) is 0 Å². The number of aliphatic hydroxyl groups is 3. The maximum Gasteiger partial charge on any atom is 0.282 e. The van der Waals surface area contributed by atoms with Gasteiger partial charge in [0.2, 0.25) is 0 Å². The van der Waals surface area contributed by atoms with Crippen LogP contribution in [0.3, 0.4) is 0 Å². The molecule has 78 valence electrons. The largest absolute Gasteiger partial charge is 0.343 e. The van der Waals surface area contributed by atoms with Crippen LogP contribution in [-0.4, -0.2) is 21.3 Å². The molecule has 1 aromatic carbocycles. The summed E-state index contributed by atoms with van der Waals surface area (Å²) in [6.45, 7) is 1.93. The van der Waals surface area contributed by atoms with Crippen LogP contribution >= 0.6 is 0 Å². The Morgan fingerprint density at radius 3 is 2.14 bits per heavy atom. The van der Waals surface area contributed by atoms with E-state index in [1.807, 2.05) is 25.1 Å². The van der Waals surface area contributed by atoms with E-state index in [9.17, 15) is 15.3 Å². The normalized spacial score (nSPS) is 14.0. The van der Waals surface area contributed by atoms with Crippen molar-refractivity contribution in [3.8, 4) is 0 Å². The second-order valence-corrected chi connectivity index (χ2v) is 3.44. The highest BCUT2D eigenvalue weighted by Gasteiger charge is 2.32. The predicted octanol–water partition coefficient (Wildman–Crippen LogP) is 1.20. The number of rotatable bonds is 4. The van der Waals surface area contributed by atoms with E-state index in [0.717, 1.165) is 12.0 Å². The molecule has 0 saturated heterocycles. The third kappa shape index (κ3) is 2.80. The van der Waals surface area contributed by atoms with Crippen molar-refractivity contribution in [1.29, 1.82) is 0 Å². The molecule has 1 rings (SSSR count). The van der Waals surface area contributed by atoms with Crippen LogP contribution < -0.4 is 0 Å². The topological polar surface area (TPSA) is 60.7 Å². The summed E-state index contributed by atoms with van der Waals surface area (Å²) < 4.78 is 0. The minimum atomic E-state index is -2.63. The van der Waals surface area contributed by atoms with E-state index >= 15 is 0 Å². The number of hydrogen-bond acceptors (Lipinski definition) is 3. The molecule has 0 spiro atoms. The molecule has 3 heteroatoms. The lowest BCUT2D eigenvalue weighted by atomic mass is 9.92. The summed E-state index contributed by atoms with van der Waals surface area (Å²) in [6, 6.07) is 9.02. The van der Waals surface area contributed by atoms with Gasteiger partial charge in [-0.05, 0) is 12.0 Å². The average molecular weight is 196 g/mol. The third-order valence-corrected chi connectivity index (χ3v) is 2.25. The maximum atomic E-state index is 9.17. The van der Waals surface area contributed by atoms with E-state index in [0.29, 0.717) is 6.42 Å². The first-order valence-electron chi connectivity index (χ1n) is 4.77. The highest BCUT2D eigenvalue weighted by molar-refractivity contribution is 5.20. The Labute approximate surface area is 83.6 Å². The van der Waals surface area contributed by atoms with Gasteiger partial charge in [-0.25, -0.2) is 0 Å². The van der Waals surface area contributed by atoms with E-state index in [1.165, 1.54) is 0 Å². The van der Waals surface area contributed by atoms with Gasteiger partial charge in [0, 0.05) is 0 Å². The quantitative estimate of drug-likeness (QED) is 0.634. The molecule has 0 bridgehead atoms. The molecule has 3 nitrogen and oxygen atoms in total. The zero-order valence-corrected chi connectivity index (χ0v) is 8.22. The van der Waals surface area contributed by atoms with Crippen molar-refractivity contribution in [3.05, 3.63) is 35.9 Å². The molecular formula is C11H16O3. The van der Waals surface area contributed by atoms with Crippen molar-refractivity contribution in [2.45, 2.75) is 31.7 Å². The van der Waals surface area contributed by atoms with Gasteiger partial charge < -0.3 is 15.3 Å². The van der Waals surface area contributed by atoms with Crippen molar-refractivity contribution in [1.82, 2.24) is 0 Å². The third-order valence-electron chi connectivity index (χ3n) is 2.25. The molecule has 0 amide bonds. The lowest BCUT2D eigenvalue weighted by molar-refractivity contribution is -0.326. The summed E-state index contributed by atoms with van der Waals surface area (Å²) in [5, 5.41) is 27.5. The Balaban J connectivity index is 2.89.